The molecule has 2 aromatic heterocycles. The maximum absolute atomic E-state index is 13.1. The van der Waals surface area contributed by atoms with Crippen LogP contribution in [-0.4, -0.2) is 27.8 Å². The smallest absolute Gasteiger partial charge is 0.166 e. The minimum Gasteiger partial charge on any atom is -0.497 e. The molecule has 7 heteroatoms. The Morgan fingerprint density at radius 2 is 1.87 bits per heavy atom. The van der Waals surface area contributed by atoms with Crippen molar-refractivity contribution in [3.05, 3.63) is 76.9 Å². The Hall–Kier alpha value is -2.51. The highest BCUT2D eigenvalue weighted by atomic mass is 32.2. The first kappa shape index (κ1) is 21.7. The van der Waals surface area contributed by atoms with Gasteiger partial charge in [-0.2, -0.15) is 0 Å². The number of aromatic amines is 1. The molecule has 4 rings (SSSR count). The van der Waals surface area contributed by atoms with Crippen molar-refractivity contribution in [1.29, 1.82) is 0 Å². The molecule has 0 saturated heterocycles. The van der Waals surface area contributed by atoms with E-state index < -0.39 is 0 Å². The van der Waals surface area contributed by atoms with Gasteiger partial charge >= 0.3 is 0 Å². The average molecular weight is 454 g/mol. The van der Waals surface area contributed by atoms with E-state index in [9.17, 15) is 4.39 Å². The van der Waals surface area contributed by atoms with Gasteiger partial charge in [-0.3, -0.25) is 4.98 Å². The average Bonchev–Trinajstić information content (AvgIpc) is 3.18. The van der Waals surface area contributed by atoms with Crippen LogP contribution in [0, 0.1) is 19.7 Å². The Morgan fingerprint density at radius 1 is 1.06 bits per heavy atom. The fourth-order valence-corrected chi connectivity index (χ4v) is 5.41. The fraction of sp³-hybridized carbons (Fsp3) is 0.250. The van der Waals surface area contributed by atoms with E-state index in [-0.39, 0.29) is 5.82 Å². The number of nitrogens with one attached hydrogen (secondary N) is 1. The van der Waals surface area contributed by atoms with Gasteiger partial charge in [-0.15, -0.1) is 11.8 Å². The molecule has 0 aliphatic carbocycles. The monoisotopic (exact) mass is 453 g/mol. The Bertz CT molecular complexity index is 1190. The summed E-state index contributed by atoms with van der Waals surface area (Å²) < 4.78 is 18.4. The van der Waals surface area contributed by atoms with Crippen molar-refractivity contribution in [2.75, 3.05) is 12.9 Å². The summed E-state index contributed by atoms with van der Waals surface area (Å²) in [5, 5.41) is 0.871. The molecule has 0 aliphatic rings. The maximum atomic E-state index is 13.1. The summed E-state index contributed by atoms with van der Waals surface area (Å²) in [5.41, 5.74) is 6.51. The summed E-state index contributed by atoms with van der Waals surface area (Å²) >= 11 is 3.48. The van der Waals surface area contributed by atoms with E-state index in [1.807, 2.05) is 48.3 Å². The van der Waals surface area contributed by atoms with Gasteiger partial charge in [-0.05, 0) is 61.2 Å². The predicted octanol–water partition coefficient (Wildman–Crippen LogP) is 6.35. The van der Waals surface area contributed by atoms with Gasteiger partial charge in [0, 0.05) is 28.7 Å². The molecule has 0 aliphatic heterocycles. The zero-order valence-corrected chi connectivity index (χ0v) is 19.4. The van der Waals surface area contributed by atoms with E-state index >= 15 is 0 Å². The van der Waals surface area contributed by atoms with Crippen molar-refractivity contribution in [1.82, 2.24) is 15.0 Å². The lowest BCUT2D eigenvalue weighted by Gasteiger charge is -2.13. The van der Waals surface area contributed by atoms with Crippen molar-refractivity contribution in [3.63, 3.8) is 0 Å². The number of fused-ring (bicyclic) bond motifs is 1. The SMILES string of the molecule is COc1ccc2nc(SCc3ncc(C)c(SCCc4ccc(F)cc4)c3C)[nH]c2c1. The van der Waals surface area contributed by atoms with Gasteiger partial charge < -0.3 is 9.72 Å². The van der Waals surface area contributed by atoms with Crippen LogP contribution in [0.3, 0.4) is 0 Å². The van der Waals surface area contributed by atoms with Crippen molar-refractivity contribution in [3.8, 4) is 5.75 Å². The minimum atomic E-state index is -0.192. The Labute approximate surface area is 190 Å². The summed E-state index contributed by atoms with van der Waals surface area (Å²) in [6.45, 7) is 4.24. The molecule has 0 radical (unpaired) electrons. The summed E-state index contributed by atoms with van der Waals surface area (Å²) in [4.78, 5) is 14.0. The first-order valence-electron chi connectivity index (χ1n) is 10.0. The Kier molecular flexibility index (Phi) is 6.83. The number of aromatic nitrogens is 3. The maximum Gasteiger partial charge on any atom is 0.166 e. The quantitative estimate of drug-likeness (QED) is 0.315. The Balaban J connectivity index is 1.42. The second-order valence-electron chi connectivity index (χ2n) is 7.28. The van der Waals surface area contributed by atoms with Gasteiger partial charge in [-0.1, -0.05) is 23.9 Å². The van der Waals surface area contributed by atoms with Gasteiger partial charge in [0.15, 0.2) is 5.16 Å². The Morgan fingerprint density at radius 3 is 2.65 bits per heavy atom. The summed E-state index contributed by atoms with van der Waals surface area (Å²) in [6, 6.07) is 12.6. The predicted molar refractivity (Wildman–Crippen MR) is 127 cm³/mol. The van der Waals surface area contributed by atoms with Crippen molar-refractivity contribution < 1.29 is 9.13 Å². The number of halogens is 1. The number of aryl methyl sites for hydroxylation is 2. The van der Waals surface area contributed by atoms with Crippen molar-refractivity contribution in [2.45, 2.75) is 36.1 Å². The number of ether oxygens (including phenoxy) is 1. The van der Waals surface area contributed by atoms with Crippen molar-refractivity contribution in [2.24, 2.45) is 0 Å². The topological polar surface area (TPSA) is 50.8 Å². The van der Waals surface area contributed by atoms with Crippen LogP contribution in [0.5, 0.6) is 5.75 Å². The molecule has 160 valence electrons. The number of benzene rings is 2. The van der Waals surface area contributed by atoms with Crippen LogP contribution >= 0.6 is 23.5 Å². The number of nitrogens with zero attached hydrogens (tertiary/aromatic N) is 2. The van der Waals surface area contributed by atoms with E-state index in [1.54, 1.807) is 18.9 Å². The van der Waals surface area contributed by atoms with Gasteiger partial charge in [0.1, 0.15) is 11.6 Å². The fourth-order valence-electron chi connectivity index (χ4n) is 3.34. The third-order valence-electron chi connectivity index (χ3n) is 5.11. The molecular weight excluding hydrogens is 429 g/mol. The number of hydrogen-bond acceptors (Lipinski definition) is 5. The van der Waals surface area contributed by atoms with Crippen molar-refractivity contribution >= 4 is 34.6 Å². The molecule has 2 heterocycles. The second kappa shape index (κ2) is 9.75. The van der Waals surface area contributed by atoms with Crippen LogP contribution in [-0.2, 0) is 12.2 Å². The number of methoxy groups -OCH3 is 1. The molecule has 4 nitrogen and oxygen atoms in total. The van der Waals surface area contributed by atoms with Crippen LogP contribution in [0.1, 0.15) is 22.4 Å². The first-order chi connectivity index (χ1) is 15.0. The summed E-state index contributed by atoms with van der Waals surface area (Å²) in [6.07, 6.45) is 2.85. The lowest BCUT2D eigenvalue weighted by Crippen LogP contribution is -1.98. The molecule has 0 unspecified atom stereocenters. The molecule has 31 heavy (non-hydrogen) atoms. The highest BCUT2D eigenvalue weighted by Crippen LogP contribution is 2.31. The molecular formula is C24H24FN3OS2. The summed E-state index contributed by atoms with van der Waals surface area (Å²) in [7, 11) is 1.66. The van der Waals surface area contributed by atoms with Crippen LogP contribution in [0.15, 0.2) is 58.7 Å². The van der Waals surface area contributed by atoms with Gasteiger partial charge in [-0.25, -0.2) is 9.37 Å². The van der Waals surface area contributed by atoms with Crippen LogP contribution in [0.4, 0.5) is 4.39 Å². The molecule has 0 spiro atoms. The zero-order valence-electron chi connectivity index (χ0n) is 17.7. The molecule has 0 bridgehead atoms. The highest BCUT2D eigenvalue weighted by molar-refractivity contribution is 7.99. The van der Waals surface area contributed by atoms with Crippen LogP contribution < -0.4 is 4.74 Å². The number of H-pyrrole nitrogens is 1. The number of rotatable bonds is 8. The van der Waals surface area contributed by atoms with Gasteiger partial charge in [0.2, 0.25) is 0 Å². The van der Waals surface area contributed by atoms with E-state index in [1.165, 1.54) is 28.2 Å². The number of pyridine rings is 1. The number of thioether (sulfide) groups is 2. The minimum absolute atomic E-state index is 0.192. The number of hydrogen-bond donors (Lipinski definition) is 1. The zero-order chi connectivity index (χ0) is 21.8. The second-order valence-corrected chi connectivity index (χ2v) is 9.35. The first-order valence-corrected chi connectivity index (χ1v) is 12.0. The molecule has 0 amide bonds. The normalized spacial score (nSPS) is 11.2. The van der Waals surface area contributed by atoms with Gasteiger partial charge in [0.25, 0.3) is 0 Å². The van der Waals surface area contributed by atoms with E-state index in [0.29, 0.717) is 0 Å². The third-order valence-corrected chi connectivity index (χ3v) is 7.32. The van der Waals surface area contributed by atoms with Crippen LogP contribution in [0.2, 0.25) is 0 Å². The van der Waals surface area contributed by atoms with E-state index in [0.717, 1.165) is 51.1 Å². The van der Waals surface area contributed by atoms with Crippen LogP contribution in [0.25, 0.3) is 11.0 Å². The van der Waals surface area contributed by atoms with Gasteiger partial charge in [0.05, 0.1) is 23.8 Å². The highest BCUT2D eigenvalue weighted by Gasteiger charge is 2.12. The molecule has 0 saturated carbocycles. The standard InChI is InChI=1S/C24H24FN3OS2/c1-15-13-26-22(14-31-24-27-20-9-8-19(29-3)12-21(20)28-24)16(2)23(15)30-11-10-17-4-6-18(25)7-5-17/h4-9,12-13H,10-11,14H2,1-3H3,(H,27,28). The molecule has 0 atom stereocenters. The summed E-state index contributed by atoms with van der Waals surface area (Å²) in [5.74, 6) is 2.30. The molecule has 4 aromatic rings. The number of imidazole rings is 1. The molecule has 0 fully saturated rings. The van der Waals surface area contributed by atoms with E-state index in [2.05, 4.69) is 28.8 Å². The lowest BCUT2D eigenvalue weighted by molar-refractivity contribution is 0.415. The van der Waals surface area contributed by atoms with E-state index in [4.69, 9.17) is 4.74 Å². The largest absolute Gasteiger partial charge is 0.497 e. The lowest BCUT2D eigenvalue weighted by atomic mass is 10.2. The molecule has 1 N–H and O–H groups in total. The third kappa shape index (κ3) is 5.22. The molecule has 2 aromatic carbocycles.